The van der Waals surface area contributed by atoms with Crippen molar-refractivity contribution >= 4 is 11.8 Å². The van der Waals surface area contributed by atoms with Crippen LogP contribution in [0.3, 0.4) is 0 Å². The van der Waals surface area contributed by atoms with Crippen molar-refractivity contribution in [2.45, 2.75) is 31.0 Å². The van der Waals surface area contributed by atoms with Crippen LogP contribution in [0, 0.1) is 6.92 Å². The number of nitrogens with zero attached hydrogens (tertiary/aromatic N) is 3. The Morgan fingerprint density at radius 1 is 1.53 bits per heavy atom. The summed E-state index contributed by atoms with van der Waals surface area (Å²) in [7, 11) is 1.93. The van der Waals surface area contributed by atoms with Gasteiger partial charge in [0.15, 0.2) is 5.16 Å². The van der Waals surface area contributed by atoms with Gasteiger partial charge < -0.3 is 15.4 Å². The van der Waals surface area contributed by atoms with Gasteiger partial charge in [-0.15, -0.1) is 10.2 Å². The Bertz CT molecular complexity index is 324. The van der Waals surface area contributed by atoms with Crippen molar-refractivity contribution in [1.29, 1.82) is 0 Å². The van der Waals surface area contributed by atoms with Crippen LogP contribution in [0.1, 0.15) is 19.2 Å². The minimum atomic E-state index is -0.777. The number of hydrogen-bond donors (Lipinski definition) is 2. The fourth-order valence-electron chi connectivity index (χ4n) is 0.978. The number of rotatable bonds is 5. The SMILES string of the molecule is Cc1nnc(SCCC(C)(O)CN)n1C. The van der Waals surface area contributed by atoms with Gasteiger partial charge in [0.25, 0.3) is 0 Å². The molecule has 1 atom stereocenters. The zero-order valence-corrected chi connectivity index (χ0v) is 10.2. The molecule has 0 aromatic carbocycles. The summed E-state index contributed by atoms with van der Waals surface area (Å²) < 4.78 is 1.93. The van der Waals surface area contributed by atoms with Gasteiger partial charge in [0, 0.05) is 19.3 Å². The van der Waals surface area contributed by atoms with Crippen LogP contribution >= 0.6 is 11.8 Å². The second kappa shape index (κ2) is 4.96. The van der Waals surface area contributed by atoms with E-state index in [1.54, 1.807) is 18.7 Å². The molecule has 3 N–H and O–H groups in total. The van der Waals surface area contributed by atoms with Gasteiger partial charge in [0.05, 0.1) is 5.60 Å². The minimum absolute atomic E-state index is 0.283. The lowest BCUT2D eigenvalue weighted by atomic mass is 10.1. The molecule has 1 unspecified atom stereocenters. The van der Waals surface area contributed by atoms with Crippen LogP contribution in [-0.2, 0) is 7.05 Å². The van der Waals surface area contributed by atoms with Gasteiger partial charge in [0.2, 0.25) is 0 Å². The molecule has 0 radical (unpaired) electrons. The highest BCUT2D eigenvalue weighted by Gasteiger charge is 2.18. The van der Waals surface area contributed by atoms with E-state index in [1.165, 1.54) is 0 Å². The molecule has 15 heavy (non-hydrogen) atoms. The van der Waals surface area contributed by atoms with E-state index < -0.39 is 5.60 Å². The van der Waals surface area contributed by atoms with Crippen LogP contribution < -0.4 is 5.73 Å². The summed E-state index contributed by atoms with van der Waals surface area (Å²) >= 11 is 1.58. The van der Waals surface area contributed by atoms with E-state index in [0.29, 0.717) is 6.42 Å². The summed E-state index contributed by atoms with van der Waals surface area (Å²) in [5.74, 6) is 1.68. The molecule has 0 spiro atoms. The predicted molar refractivity (Wildman–Crippen MR) is 60.8 cm³/mol. The van der Waals surface area contributed by atoms with Crippen molar-refractivity contribution < 1.29 is 5.11 Å². The van der Waals surface area contributed by atoms with Crippen LogP contribution in [0.25, 0.3) is 0 Å². The lowest BCUT2D eigenvalue weighted by Crippen LogP contribution is -2.34. The van der Waals surface area contributed by atoms with Gasteiger partial charge in [-0.25, -0.2) is 0 Å². The molecule has 0 saturated heterocycles. The van der Waals surface area contributed by atoms with Gasteiger partial charge in [-0.3, -0.25) is 0 Å². The Hall–Kier alpha value is -0.590. The molecule has 1 heterocycles. The lowest BCUT2D eigenvalue weighted by molar-refractivity contribution is 0.0665. The molecule has 0 aliphatic heterocycles. The van der Waals surface area contributed by atoms with Crippen LogP contribution in [0.2, 0.25) is 0 Å². The van der Waals surface area contributed by atoms with Crippen LogP contribution in [0.5, 0.6) is 0 Å². The second-order valence-corrected chi connectivity index (χ2v) is 4.95. The Labute approximate surface area is 94.1 Å². The highest BCUT2D eigenvalue weighted by molar-refractivity contribution is 7.99. The van der Waals surface area contributed by atoms with Crippen molar-refractivity contribution in [2.75, 3.05) is 12.3 Å². The third kappa shape index (κ3) is 3.48. The maximum atomic E-state index is 9.69. The van der Waals surface area contributed by atoms with E-state index in [2.05, 4.69) is 10.2 Å². The lowest BCUT2D eigenvalue weighted by Gasteiger charge is -2.19. The van der Waals surface area contributed by atoms with Gasteiger partial charge >= 0.3 is 0 Å². The summed E-state index contributed by atoms with van der Waals surface area (Å²) in [5, 5.41) is 18.5. The fraction of sp³-hybridized carbons (Fsp3) is 0.778. The smallest absolute Gasteiger partial charge is 0.190 e. The molecule has 86 valence electrons. The highest BCUT2D eigenvalue weighted by Crippen LogP contribution is 2.19. The van der Waals surface area contributed by atoms with Gasteiger partial charge in [0.1, 0.15) is 5.82 Å². The first-order chi connectivity index (χ1) is 6.96. The maximum absolute atomic E-state index is 9.69. The Kier molecular flexibility index (Phi) is 4.12. The molecule has 0 aliphatic carbocycles. The molecular formula is C9H18N4OS. The van der Waals surface area contributed by atoms with Crippen molar-refractivity contribution in [1.82, 2.24) is 14.8 Å². The number of aromatic nitrogens is 3. The Balaban J connectivity index is 2.42. The summed E-state index contributed by atoms with van der Waals surface area (Å²) in [4.78, 5) is 0. The van der Waals surface area contributed by atoms with E-state index in [-0.39, 0.29) is 6.54 Å². The van der Waals surface area contributed by atoms with Crippen molar-refractivity contribution in [3.05, 3.63) is 5.82 Å². The first kappa shape index (κ1) is 12.5. The normalized spacial score (nSPS) is 15.3. The number of aryl methyl sites for hydroxylation is 1. The Morgan fingerprint density at radius 3 is 2.67 bits per heavy atom. The molecular weight excluding hydrogens is 212 g/mol. The van der Waals surface area contributed by atoms with E-state index in [1.807, 2.05) is 18.5 Å². The van der Waals surface area contributed by atoms with Crippen molar-refractivity contribution in [3.63, 3.8) is 0 Å². The largest absolute Gasteiger partial charge is 0.389 e. The molecule has 6 heteroatoms. The molecule has 0 saturated carbocycles. The van der Waals surface area contributed by atoms with Gasteiger partial charge in [-0.1, -0.05) is 11.8 Å². The number of nitrogens with two attached hydrogens (primary N) is 1. The van der Waals surface area contributed by atoms with E-state index in [9.17, 15) is 5.11 Å². The second-order valence-electron chi connectivity index (χ2n) is 3.89. The maximum Gasteiger partial charge on any atom is 0.190 e. The minimum Gasteiger partial charge on any atom is -0.389 e. The molecule has 0 fully saturated rings. The van der Waals surface area contributed by atoms with Crippen LogP contribution in [0.15, 0.2) is 5.16 Å². The monoisotopic (exact) mass is 230 g/mol. The third-order valence-electron chi connectivity index (χ3n) is 2.36. The predicted octanol–water partition coefficient (Wildman–Crippen LogP) is 0.315. The zero-order valence-electron chi connectivity index (χ0n) is 9.40. The molecule has 0 amide bonds. The summed E-state index contributed by atoms with van der Waals surface area (Å²) in [6.45, 7) is 3.94. The van der Waals surface area contributed by atoms with Crippen molar-refractivity contribution in [3.8, 4) is 0 Å². The molecule has 1 aromatic rings. The van der Waals surface area contributed by atoms with Crippen LogP contribution in [0.4, 0.5) is 0 Å². The van der Waals surface area contributed by atoms with E-state index in [0.717, 1.165) is 16.7 Å². The highest BCUT2D eigenvalue weighted by atomic mass is 32.2. The molecule has 0 bridgehead atoms. The fourth-order valence-corrected chi connectivity index (χ4v) is 2.13. The summed E-state index contributed by atoms with van der Waals surface area (Å²) in [6.07, 6.45) is 0.653. The number of thioether (sulfide) groups is 1. The van der Waals surface area contributed by atoms with Gasteiger partial charge in [-0.2, -0.15) is 0 Å². The molecule has 1 aromatic heterocycles. The number of hydrogen-bond acceptors (Lipinski definition) is 5. The van der Waals surface area contributed by atoms with Gasteiger partial charge in [-0.05, 0) is 20.3 Å². The summed E-state index contributed by atoms with van der Waals surface area (Å²) in [5.41, 5.74) is 4.65. The zero-order chi connectivity index (χ0) is 11.5. The quantitative estimate of drug-likeness (QED) is 0.712. The third-order valence-corrected chi connectivity index (χ3v) is 3.39. The van der Waals surface area contributed by atoms with Crippen molar-refractivity contribution in [2.24, 2.45) is 12.8 Å². The van der Waals surface area contributed by atoms with E-state index >= 15 is 0 Å². The molecule has 0 aliphatic rings. The average molecular weight is 230 g/mol. The molecule has 5 nitrogen and oxygen atoms in total. The Morgan fingerprint density at radius 2 is 2.20 bits per heavy atom. The first-order valence-electron chi connectivity index (χ1n) is 4.87. The van der Waals surface area contributed by atoms with E-state index in [4.69, 9.17) is 5.73 Å². The topological polar surface area (TPSA) is 77.0 Å². The average Bonchev–Trinajstić information content (AvgIpc) is 2.49. The standard InChI is InChI=1S/C9H18N4OS/c1-7-11-12-8(13(7)3)15-5-4-9(2,14)6-10/h14H,4-6,10H2,1-3H3. The first-order valence-corrected chi connectivity index (χ1v) is 5.86. The summed E-state index contributed by atoms with van der Waals surface area (Å²) in [6, 6.07) is 0. The molecule has 1 rings (SSSR count). The van der Waals surface area contributed by atoms with Crippen LogP contribution in [-0.4, -0.2) is 37.8 Å². The number of aliphatic hydroxyl groups is 1.